The molecule has 0 aromatic rings. The molecule has 9 heteroatoms. The Morgan fingerprint density at radius 2 is 1.57 bits per heavy atom. The molecule has 2 unspecified atom stereocenters. The summed E-state index contributed by atoms with van der Waals surface area (Å²) >= 11 is 3.14. The molecule has 0 radical (unpaired) electrons. The Hall–Kier alpha value is -1.19. The van der Waals surface area contributed by atoms with E-state index in [1.54, 1.807) is 0 Å². The first kappa shape index (κ1) is 17.9. The van der Waals surface area contributed by atoms with Gasteiger partial charge in [0, 0.05) is 20.8 Å². The second-order valence-electron chi connectivity index (χ2n) is 4.46. The van der Waals surface area contributed by atoms with Crippen molar-refractivity contribution in [2.24, 2.45) is 0 Å². The van der Waals surface area contributed by atoms with Gasteiger partial charge < -0.3 is 24.1 Å². The summed E-state index contributed by atoms with van der Waals surface area (Å²) in [5.41, 5.74) is 0. The van der Waals surface area contributed by atoms with Gasteiger partial charge >= 0.3 is 17.9 Å². The lowest BCUT2D eigenvalue weighted by molar-refractivity contribution is -0.248. The summed E-state index contributed by atoms with van der Waals surface area (Å²) < 4.78 is 20.2. The predicted octanol–water partition coefficient (Wildman–Crippen LogP) is -0.106. The zero-order valence-electron chi connectivity index (χ0n) is 11.8. The molecule has 0 amide bonds. The number of aliphatic hydroxyl groups excluding tert-OH is 1. The minimum atomic E-state index is -1.32. The second-order valence-corrected chi connectivity index (χ2v) is 5.52. The number of rotatable bonds is 4. The van der Waals surface area contributed by atoms with E-state index in [4.69, 9.17) is 18.9 Å². The highest BCUT2D eigenvalue weighted by molar-refractivity contribution is 9.09. The number of carbonyl (C=O) groups excluding carboxylic acids is 3. The van der Waals surface area contributed by atoms with Gasteiger partial charge in [0.2, 0.25) is 0 Å². The van der Waals surface area contributed by atoms with Gasteiger partial charge in [0.15, 0.2) is 18.5 Å². The van der Waals surface area contributed by atoms with Crippen molar-refractivity contribution in [2.75, 3.05) is 6.61 Å². The van der Waals surface area contributed by atoms with Crippen molar-refractivity contribution in [3.05, 3.63) is 0 Å². The van der Waals surface area contributed by atoms with Gasteiger partial charge in [-0.1, -0.05) is 15.9 Å². The highest BCUT2D eigenvalue weighted by atomic mass is 79.9. The zero-order chi connectivity index (χ0) is 16.2. The quantitative estimate of drug-likeness (QED) is 0.416. The lowest BCUT2D eigenvalue weighted by Gasteiger charge is -2.41. The molecule has 0 aliphatic carbocycles. The van der Waals surface area contributed by atoms with Crippen LogP contribution in [-0.2, 0) is 33.3 Å². The van der Waals surface area contributed by atoms with Crippen molar-refractivity contribution in [1.82, 2.24) is 0 Å². The van der Waals surface area contributed by atoms with Crippen LogP contribution in [0.5, 0.6) is 0 Å². The van der Waals surface area contributed by atoms with Crippen LogP contribution in [0.1, 0.15) is 20.8 Å². The monoisotopic (exact) mass is 368 g/mol. The van der Waals surface area contributed by atoms with Crippen molar-refractivity contribution in [3.8, 4) is 0 Å². The number of esters is 3. The minimum Gasteiger partial charge on any atom is -0.463 e. The van der Waals surface area contributed by atoms with E-state index in [9.17, 15) is 19.5 Å². The highest BCUT2D eigenvalue weighted by Crippen LogP contribution is 2.30. The SMILES string of the molecule is CC(=O)OC[C@H]1OC(O)C(Br)[C@@H](OC(C)=O)[C@@H]1OC(C)=O. The number of aliphatic hydroxyl groups is 1. The number of hydrogen-bond acceptors (Lipinski definition) is 8. The third-order valence-electron chi connectivity index (χ3n) is 2.65. The van der Waals surface area contributed by atoms with E-state index in [2.05, 4.69) is 15.9 Å². The molecule has 8 nitrogen and oxygen atoms in total. The summed E-state index contributed by atoms with van der Waals surface area (Å²) in [6.07, 6.45) is -4.26. The normalized spacial score (nSPS) is 32.1. The molecule has 1 aliphatic heterocycles. The first-order chi connectivity index (χ1) is 9.72. The Balaban J connectivity index is 2.94. The molecule has 5 atom stereocenters. The minimum absolute atomic E-state index is 0.248. The second kappa shape index (κ2) is 7.71. The molecule has 1 heterocycles. The third kappa shape index (κ3) is 5.25. The van der Waals surface area contributed by atoms with Crippen LogP contribution in [0.25, 0.3) is 0 Å². The number of alkyl halides is 1. The van der Waals surface area contributed by atoms with E-state index in [1.165, 1.54) is 20.8 Å². The summed E-state index contributed by atoms with van der Waals surface area (Å²) in [6, 6.07) is 0. The molecule has 0 spiro atoms. The Morgan fingerprint density at radius 3 is 2.05 bits per heavy atom. The van der Waals surface area contributed by atoms with Crippen LogP contribution in [0.15, 0.2) is 0 Å². The van der Waals surface area contributed by atoms with Gasteiger partial charge in [0.1, 0.15) is 17.5 Å². The summed E-state index contributed by atoms with van der Waals surface area (Å²) in [5, 5.41) is 9.81. The fourth-order valence-electron chi connectivity index (χ4n) is 1.88. The lowest BCUT2D eigenvalue weighted by atomic mass is 10.0. The van der Waals surface area contributed by atoms with Gasteiger partial charge in [-0.15, -0.1) is 0 Å². The van der Waals surface area contributed by atoms with Gasteiger partial charge in [0.05, 0.1) is 0 Å². The number of halogens is 1. The number of ether oxygens (including phenoxy) is 4. The van der Waals surface area contributed by atoms with Crippen molar-refractivity contribution in [2.45, 2.75) is 50.2 Å². The van der Waals surface area contributed by atoms with Gasteiger partial charge in [0.25, 0.3) is 0 Å². The predicted molar refractivity (Wildman–Crippen MR) is 71.3 cm³/mol. The van der Waals surface area contributed by atoms with Crippen molar-refractivity contribution in [1.29, 1.82) is 0 Å². The summed E-state index contributed by atoms with van der Waals surface area (Å²) in [4.78, 5) is 32.5. The Morgan fingerprint density at radius 1 is 1.05 bits per heavy atom. The molecule has 120 valence electrons. The molecular weight excluding hydrogens is 352 g/mol. The highest BCUT2D eigenvalue weighted by Gasteiger charge is 2.48. The van der Waals surface area contributed by atoms with Gasteiger partial charge in [-0.3, -0.25) is 14.4 Å². The van der Waals surface area contributed by atoms with Crippen molar-refractivity contribution >= 4 is 33.8 Å². The zero-order valence-corrected chi connectivity index (χ0v) is 13.4. The van der Waals surface area contributed by atoms with E-state index in [1.807, 2.05) is 0 Å². The van der Waals surface area contributed by atoms with Crippen LogP contribution >= 0.6 is 15.9 Å². The molecule has 1 saturated heterocycles. The molecule has 0 bridgehead atoms. The Labute approximate surface area is 129 Å². The van der Waals surface area contributed by atoms with E-state index in [0.29, 0.717) is 0 Å². The molecule has 21 heavy (non-hydrogen) atoms. The topological polar surface area (TPSA) is 108 Å². The van der Waals surface area contributed by atoms with Crippen LogP contribution in [0.4, 0.5) is 0 Å². The standard InChI is InChI=1S/C12H17BrO8/c1-5(14)18-4-8-10(19-6(2)15)11(20-7(3)16)9(13)12(17)21-8/h8-12,17H,4H2,1-3H3/t8-,9?,10-,11-,12?/m1/s1. The van der Waals surface area contributed by atoms with Gasteiger partial charge in [-0.05, 0) is 0 Å². The fraction of sp³-hybridized carbons (Fsp3) is 0.750. The fourth-order valence-corrected chi connectivity index (χ4v) is 2.41. The summed E-state index contributed by atoms with van der Waals surface area (Å²) in [7, 11) is 0. The molecule has 1 rings (SSSR count). The van der Waals surface area contributed by atoms with Gasteiger partial charge in [-0.2, -0.15) is 0 Å². The Kier molecular flexibility index (Phi) is 6.56. The molecule has 1 N–H and O–H groups in total. The summed E-state index contributed by atoms with van der Waals surface area (Å²) in [6.45, 7) is 3.33. The van der Waals surface area contributed by atoms with Crippen LogP contribution in [0.3, 0.4) is 0 Å². The average molecular weight is 369 g/mol. The van der Waals surface area contributed by atoms with Crippen molar-refractivity contribution in [3.63, 3.8) is 0 Å². The first-order valence-corrected chi connectivity index (χ1v) is 7.09. The van der Waals surface area contributed by atoms with E-state index in [-0.39, 0.29) is 6.61 Å². The maximum Gasteiger partial charge on any atom is 0.303 e. The number of carbonyl (C=O) groups is 3. The van der Waals surface area contributed by atoms with Crippen LogP contribution in [-0.4, -0.2) is 59.1 Å². The van der Waals surface area contributed by atoms with E-state index in [0.717, 1.165) is 0 Å². The van der Waals surface area contributed by atoms with E-state index >= 15 is 0 Å². The average Bonchev–Trinajstić information content (AvgIpc) is 2.35. The molecule has 0 aromatic carbocycles. The molecule has 1 fully saturated rings. The summed E-state index contributed by atoms with van der Waals surface area (Å²) in [5.74, 6) is -1.79. The van der Waals surface area contributed by atoms with Crippen LogP contribution in [0, 0.1) is 0 Å². The maximum absolute atomic E-state index is 11.2. The number of hydrogen-bond donors (Lipinski definition) is 1. The molecular formula is C12H17BrO8. The first-order valence-electron chi connectivity index (χ1n) is 6.17. The van der Waals surface area contributed by atoms with Crippen molar-refractivity contribution < 1.29 is 38.4 Å². The Bertz CT molecular complexity index is 412. The molecule has 0 aromatic heterocycles. The molecule has 1 aliphatic rings. The van der Waals surface area contributed by atoms with Crippen LogP contribution in [0.2, 0.25) is 0 Å². The van der Waals surface area contributed by atoms with Crippen LogP contribution < -0.4 is 0 Å². The molecule has 0 saturated carbocycles. The van der Waals surface area contributed by atoms with E-state index < -0.39 is 47.3 Å². The third-order valence-corrected chi connectivity index (χ3v) is 3.62. The maximum atomic E-state index is 11.2. The lowest BCUT2D eigenvalue weighted by Crippen LogP contribution is -2.59. The largest absolute Gasteiger partial charge is 0.463 e. The smallest absolute Gasteiger partial charge is 0.303 e. The van der Waals surface area contributed by atoms with Gasteiger partial charge in [-0.25, -0.2) is 0 Å².